The van der Waals surface area contributed by atoms with Gasteiger partial charge in [-0.1, -0.05) is 49.7 Å². The summed E-state index contributed by atoms with van der Waals surface area (Å²) in [5, 5.41) is 0. The number of hydrogen-bond donors (Lipinski definition) is 1. The predicted molar refractivity (Wildman–Crippen MR) is 81.5 cm³/mol. The minimum atomic E-state index is -0.351. The molecule has 0 bridgehead atoms. The second-order valence-electron chi connectivity index (χ2n) is 4.66. The summed E-state index contributed by atoms with van der Waals surface area (Å²) in [5.41, 5.74) is 8.91. The molecule has 2 aromatic carbocycles. The molecular weight excluding hydrogens is 250 g/mol. The fraction of sp³-hybridized carbons (Fsp3) is 0.235. The van der Waals surface area contributed by atoms with Gasteiger partial charge in [-0.25, -0.2) is 4.79 Å². The number of nitrogen functional groups attached to an aromatic ring is 1. The summed E-state index contributed by atoms with van der Waals surface area (Å²) >= 11 is 0. The lowest BCUT2D eigenvalue weighted by Crippen LogP contribution is -2.09. The van der Waals surface area contributed by atoms with E-state index in [2.05, 4.69) is 6.92 Å². The zero-order chi connectivity index (χ0) is 14.4. The summed E-state index contributed by atoms with van der Waals surface area (Å²) < 4.78 is 5.18. The van der Waals surface area contributed by atoms with Crippen molar-refractivity contribution in [2.24, 2.45) is 0 Å². The Balaban J connectivity index is 2.16. The van der Waals surface area contributed by atoms with Crippen LogP contribution in [0.25, 0.3) is 11.1 Å². The zero-order valence-electron chi connectivity index (χ0n) is 11.6. The van der Waals surface area contributed by atoms with Crippen molar-refractivity contribution >= 4 is 11.7 Å². The monoisotopic (exact) mass is 269 g/mol. The highest BCUT2D eigenvalue weighted by molar-refractivity contribution is 5.96. The Morgan fingerprint density at radius 1 is 1.10 bits per heavy atom. The lowest BCUT2D eigenvalue weighted by molar-refractivity contribution is 0.0501. The maximum absolute atomic E-state index is 11.9. The van der Waals surface area contributed by atoms with Gasteiger partial charge in [0, 0.05) is 5.69 Å². The average molecular weight is 269 g/mol. The van der Waals surface area contributed by atoms with Gasteiger partial charge in [-0.2, -0.15) is 0 Å². The molecule has 3 nitrogen and oxygen atoms in total. The third kappa shape index (κ3) is 3.38. The van der Waals surface area contributed by atoms with Crippen molar-refractivity contribution in [1.29, 1.82) is 0 Å². The number of esters is 1. The number of hydrogen-bond acceptors (Lipinski definition) is 3. The number of unbranched alkanes of at least 4 members (excludes halogenated alkanes) is 1. The van der Waals surface area contributed by atoms with Gasteiger partial charge in [0.05, 0.1) is 12.2 Å². The van der Waals surface area contributed by atoms with E-state index in [4.69, 9.17) is 10.5 Å². The number of carbonyl (C=O) groups excluding carboxylic acids is 1. The molecule has 104 valence electrons. The first-order valence-electron chi connectivity index (χ1n) is 6.84. The van der Waals surface area contributed by atoms with Crippen molar-refractivity contribution in [2.75, 3.05) is 12.3 Å². The molecule has 0 aromatic heterocycles. The highest BCUT2D eigenvalue weighted by Gasteiger charge is 2.11. The van der Waals surface area contributed by atoms with Gasteiger partial charge in [0.2, 0.25) is 0 Å². The lowest BCUT2D eigenvalue weighted by Gasteiger charge is -2.08. The molecule has 2 rings (SSSR count). The first-order valence-corrected chi connectivity index (χ1v) is 6.84. The second kappa shape index (κ2) is 6.75. The van der Waals surface area contributed by atoms with Crippen molar-refractivity contribution < 1.29 is 9.53 Å². The molecule has 0 radical (unpaired) electrons. The number of carbonyl (C=O) groups is 1. The summed E-state index contributed by atoms with van der Waals surface area (Å²) in [6, 6.07) is 15.4. The van der Waals surface area contributed by atoms with E-state index in [0.29, 0.717) is 17.9 Å². The molecule has 0 unspecified atom stereocenters. The molecule has 0 spiro atoms. The van der Waals surface area contributed by atoms with E-state index in [9.17, 15) is 4.79 Å². The number of ether oxygens (including phenoxy) is 1. The molecule has 0 aliphatic carbocycles. The van der Waals surface area contributed by atoms with Crippen LogP contribution in [0.3, 0.4) is 0 Å². The molecule has 0 saturated carbocycles. The number of benzene rings is 2. The standard InChI is InChI=1S/C17H19NO2/c1-2-3-11-20-17(19)15-10-9-14(12-16(15)18)13-7-5-4-6-8-13/h4-10,12H,2-3,11,18H2,1H3. The predicted octanol–water partition coefficient (Wildman–Crippen LogP) is 3.89. The number of rotatable bonds is 5. The van der Waals surface area contributed by atoms with Crippen LogP contribution < -0.4 is 5.73 Å². The average Bonchev–Trinajstić information content (AvgIpc) is 2.48. The Hall–Kier alpha value is -2.29. The zero-order valence-corrected chi connectivity index (χ0v) is 11.6. The van der Waals surface area contributed by atoms with Crippen molar-refractivity contribution in [3.05, 3.63) is 54.1 Å². The Bertz CT molecular complexity index is 579. The second-order valence-corrected chi connectivity index (χ2v) is 4.66. The van der Waals surface area contributed by atoms with E-state index in [1.54, 1.807) is 6.07 Å². The van der Waals surface area contributed by atoms with Crippen LogP contribution in [-0.4, -0.2) is 12.6 Å². The first-order chi connectivity index (χ1) is 9.72. The molecule has 3 heteroatoms. The maximum Gasteiger partial charge on any atom is 0.340 e. The van der Waals surface area contributed by atoms with E-state index in [1.807, 2.05) is 42.5 Å². The maximum atomic E-state index is 11.9. The SMILES string of the molecule is CCCCOC(=O)c1ccc(-c2ccccc2)cc1N. The summed E-state index contributed by atoms with van der Waals surface area (Å²) in [5.74, 6) is -0.351. The molecule has 0 aliphatic heterocycles. The van der Waals surface area contributed by atoms with Crippen LogP contribution in [0.5, 0.6) is 0 Å². The number of anilines is 1. The van der Waals surface area contributed by atoms with E-state index < -0.39 is 0 Å². The summed E-state index contributed by atoms with van der Waals surface area (Å²) in [4.78, 5) is 11.9. The quantitative estimate of drug-likeness (QED) is 0.509. The van der Waals surface area contributed by atoms with Gasteiger partial charge < -0.3 is 10.5 Å². The summed E-state index contributed by atoms with van der Waals surface area (Å²) in [6.45, 7) is 2.49. The van der Waals surface area contributed by atoms with Crippen molar-refractivity contribution in [2.45, 2.75) is 19.8 Å². The molecule has 0 fully saturated rings. The first kappa shape index (κ1) is 14.1. The van der Waals surface area contributed by atoms with Crippen LogP contribution in [0.15, 0.2) is 48.5 Å². The highest BCUT2D eigenvalue weighted by atomic mass is 16.5. The van der Waals surface area contributed by atoms with Gasteiger partial charge in [0.1, 0.15) is 0 Å². The van der Waals surface area contributed by atoms with E-state index >= 15 is 0 Å². The molecule has 2 aromatic rings. The molecule has 20 heavy (non-hydrogen) atoms. The molecular formula is C17H19NO2. The minimum absolute atomic E-state index is 0.351. The summed E-state index contributed by atoms with van der Waals surface area (Å²) in [7, 11) is 0. The lowest BCUT2D eigenvalue weighted by atomic mass is 10.0. The fourth-order valence-electron chi connectivity index (χ4n) is 1.95. The Morgan fingerprint density at radius 3 is 2.50 bits per heavy atom. The largest absolute Gasteiger partial charge is 0.462 e. The molecule has 2 N–H and O–H groups in total. The Kier molecular flexibility index (Phi) is 4.77. The van der Waals surface area contributed by atoms with Gasteiger partial charge >= 0.3 is 5.97 Å². The van der Waals surface area contributed by atoms with Crippen LogP contribution >= 0.6 is 0 Å². The third-order valence-electron chi connectivity index (χ3n) is 3.11. The smallest absolute Gasteiger partial charge is 0.340 e. The highest BCUT2D eigenvalue weighted by Crippen LogP contribution is 2.24. The van der Waals surface area contributed by atoms with Crippen LogP contribution in [0.4, 0.5) is 5.69 Å². The Morgan fingerprint density at radius 2 is 1.85 bits per heavy atom. The van der Waals surface area contributed by atoms with Crippen LogP contribution in [-0.2, 0) is 4.74 Å². The fourth-order valence-corrected chi connectivity index (χ4v) is 1.95. The van der Waals surface area contributed by atoms with Gasteiger partial charge in [-0.05, 0) is 29.7 Å². The normalized spacial score (nSPS) is 10.2. The van der Waals surface area contributed by atoms with Gasteiger partial charge in [-0.15, -0.1) is 0 Å². The Labute approximate surface area is 119 Å². The number of nitrogens with two attached hydrogens (primary N) is 1. The van der Waals surface area contributed by atoms with Crippen molar-refractivity contribution in [1.82, 2.24) is 0 Å². The topological polar surface area (TPSA) is 52.3 Å². The molecule has 0 saturated heterocycles. The minimum Gasteiger partial charge on any atom is -0.462 e. The van der Waals surface area contributed by atoms with Crippen molar-refractivity contribution in [3.8, 4) is 11.1 Å². The molecule has 0 atom stereocenters. The van der Waals surface area contributed by atoms with E-state index in [1.165, 1.54) is 0 Å². The van der Waals surface area contributed by atoms with Crippen molar-refractivity contribution in [3.63, 3.8) is 0 Å². The van der Waals surface area contributed by atoms with Gasteiger partial charge in [0.25, 0.3) is 0 Å². The van der Waals surface area contributed by atoms with Crippen LogP contribution in [0.2, 0.25) is 0 Å². The molecule has 0 aliphatic rings. The van der Waals surface area contributed by atoms with Gasteiger partial charge in [0.15, 0.2) is 0 Å². The van der Waals surface area contributed by atoms with E-state index in [-0.39, 0.29) is 5.97 Å². The van der Waals surface area contributed by atoms with Crippen LogP contribution in [0.1, 0.15) is 30.1 Å². The molecule has 0 amide bonds. The van der Waals surface area contributed by atoms with Gasteiger partial charge in [-0.3, -0.25) is 0 Å². The molecule has 0 heterocycles. The van der Waals surface area contributed by atoms with E-state index in [0.717, 1.165) is 24.0 Å². The van der Waals surface area contributed by atoms with Crippen LogP contribution in [0, 0.1) is 0 Å². The summed E-state index contributed by atoms with van der Waals surface area (Å²) in [6.07, 6.45) is 1.86. The third-order valence-corrected chi connectivity index (χ3v) is 3.11.